The number of carbonyl (C=O) groups excluding carboxylic acids is 3. The second-order valence-electron chi connectivity index (χ2n) is 8.47. The molecule has 1 spiro atoms. The van der Waals surface area contributed by atoms with E-state index in [2.05, 4.69) is 16.7 Å². The molecule has 3 aromatic rings. The lowest BCUT2D eigenvalue weighted by Crippen LogP contribution is -2.50. The van der Waals surface area contributed by atoms with Crippen LogP contribution < -0.4 is 31.1 Å². The van der Waals surface area contributed by atoms with Crippen molar-refractivity contribution in [3.8, 4) is 6.07 Å². The number of hydrogen-bond donors (Lipinski definition) is 3. The summed E-state index contributed by atoms with van der Waals surface area (Å²) in [5.41, 5.74) is 5.32. The van der Waals surface area contributed by atoms with Gasteiger partial charge in [-0.1, -0.05) is 36.4 Å². The summed E-state index contributed by atoms with van der Waals surface area (Å²) in [5, 5.41) is 15.9. The van der Waals surface area contributed by atoms with Crippen molar-refractivity contribution in [1.29, 1.82) is 5.26 Å². The third-order valence-electron chi connectivity index (χ3n) is 6.67. The number of anilines is 2. The van der Waals surface area contributed by atoms with Crippen LogP contribution in [0.4, 0.5) is 11.4 Å². The van der Waals surface area contributed by atoms with Crippen LogP contribution in [0.25, 0.3) is 17.0 Å². The quantitative estimate of drug-likeness (QED) is 0.419. The Kier molecular flexibility index (Phi) is 4.73. The highest BCUT2D eigenvalue weighted by molar-refractivity contribution is 7.08. The summed E-state index contributed by atoms with van der Waals surface area (Å²) in [7, 11) is 0. The lowest BCUT2D eigenvalue weighted by Gasteiger charge is -2.32. The minimum Gasteiger partial charge on any atom is -0.462 e. The van der Waals surface area contributed by atoms with Gasteiger partial charge in [0.15, 0.2) is 0 Å². The van der Waals surface area contributed by atoms with Crippen LogP contribution in [0.15, 0.2) is 58.9 Å². The maximum Gasteiger partial charge on any atom is 0.339 e. The largest absolute Gasteiger partial charge is 0.462 e. The van der Waals surface area contributed by atoms with Crippen LogP contribution in [0.3, 0.4) is 0 Å². The molecule has 0 bridgehead atoms. The molecule has 0 radical (unpaired) electrons. The molecule has 182 valence electrons. The first-order valence-electron chi connectivity index (χ1n) is 11.3. The molecule has 37 heavy (non-hydrogen) atoms. The Morgan fingerprint density at radius 2 is 1.81 bits per heavy atom. The standard InChI is InChI=1S/C26H17N5O5S/c1-2-36-24(34)18-20(28)31-22(33)19(17-12-7-3-5-9-15(12)29-21(17)32)37-23(31)14(11-27)26(18)13-8-4-6-10-16(13)30-25(26)35/h3-10H,2,28H2,1H3,(H,29,32)(H,30,35)/b19-17-. The topological polar surface area (TPSA) is 156 Å². The van der Waals surface area contributed by atoms with Gasteiger partial charge in [-0.25, -0.2) is 4.79 Å². The highest BCUT2D eigenvalue weighted by Gasteiger charge is 2.59. The van der Waals surface area contributed by atoms with Crippen LogP contribution in [0.5, 0.6) is 0 Å². The zero-order chi connectivity index (χ0) is 26.1. The van der Waals surface area contributed by atoms with E-state index in [4.69, 9.17) is 10.5 Å². The fraction of sp³-hybridized carbons (Fsp3) is 0.115. The number of fused-ring (bicyclic) bond motifs is 4. The molecule has 3 aliphatic heterocycles. The second-order valence-corrected chi connectivity index (χ2v) is 9.47. The van der Waals surface area contributed by atoms with Crippen LogP contribution in [0.2, 0.25) is 0 Å². The first-order chi connectivity index (χ1) is 17.9. The molecule has 2 aromatic carbocycles. The SMILES string of the molecule is CCOC(=O)C1=C(N)n2c(s/c(=C3\C(=O)Nc4ccccc43)c2=O)=C(C#N)C12C(=O)Nc1ccccc12. The number of nitrogens with two attached hydrogens (primary N) is 1. The fourth-order valence-electron chi connectivity index (χ4n) is 5.20. The first kappa shape index (κ1) is 22.5. The summed E-state index contributed by atoms with van der Waals surface area (Å²) in [5.74, 6) is -2.41. The molecule has 0 fully saturated rings. The Labute approximate surface area is 212 Å². The van der Waals surface area contributed by atoms with Gasteiger partial charge in [-0.3, -0.25) is 19.0 Å². The summed E-state index contributed by atoms with van der Waals surface area (Å²) >= 11 is 0.874. The van der Waals surface area contributed by atoms with E-state index in [0.29, 0.717) is 22.5 Å². The van der Waals surface area contributed by atoms with E-state index in [1.165, 1.54) is 0 Å². The van der Waals surface area contributed by atoms with E-state index in [-0.39, 0.29) is 38.3 Å². The number of hydrogen-bond acceptors (Lipinski definition) is 8. The van der Waals surface area contributed by atoms with Crippen molar-refractivity contribution < 1.29 is 19.1 Å². The predicted molar refractivity (Wildman–Crippen MR) is 135 cm³/mol. The van der Waals surface area contributed by atoms with Gasteiger partial charge in [-0.15, -0.1) is 11.3 Å². The van der Waals surface area contributed by atoms with Crippen LogP contribution in [0, 0.1) is 11.3 Å². The number of rotatable bonds is 2. The van der Waals surface area contributed by atoms with Gasteiger partial charge in [0, 0.05) is 22.5 Å². The number of thiazole rings is 1. The zero-order valence-electron chi connectivity index (χ0n) is 19.2. The number of nitrogens with zero attached hydrogens (tertiary/aromatic N) is 2. The summed E-state index contributed by atoms with van der Waals surface area (Å²) in [6, 6.07) is 15.6. The highest BCUT2D eigenvalue weighted by atomic mass is 32.1. The Bertz CT molecular complexity index is 1860. The fourth-order valence-corrected chi connectivity index (χ4v) is 6.45. The van der Waals surface area contributed by atoms with Crippen molar-refractivity contribution in [2.45, 2.75) is 12.3 Å². The predicted octanol–water partition coefficient (Wildman–Crippen LogP) is 0.329. The van der Waals surface area contributed by atoms with Gasteiger partial charge in [0.05, 0.1) is 23.8 Å². The lowest BCUT2D eigenvalue weighted by molar-refractivity contribution is -0.140. The number of nitriles is 1. The molecule has 0 saturated heterocycles. The third-order valence-corrected chi connectivity index (χ3v) is 7.83. The number of amides is 2. The molecular formula is C26H17N5O5S. The smallest absolute Gasteiger partial charge is 0.339 e. The van der Waals surface area contributed by atoms with E-state index >= 15 is 0 Å². The molecule has 1 atom stereocenters. The molecule has 4 heterocycles. The Morgan fingerprint density at radius 3 is 2.54 bits per heavy atom. The molecule has 10 nitrogen and oxygen atoms in total. The van der Waals surface area contributed by atoms with Crippen LogP contribution in [0.1, 0.15) is 18.1 Å². The summed E-state index contributed by atoms with van der Waals surface area (Å²) in [6.07, 6.45) is 0. The molecule has 0 saturated carbocycles. The zero-order valence-corrected chi connectivity index (χ0v) is 20.1. The Balaban J connectivity index is 1.82. The van der Waals surface area contributed by atoms with Crippen molar-refractivity contribution in [2.24, 2.45) is 5.73 Å². The maximum atomic E-state index is 13.8. The van der Waals surface area contributed by atoms with Gasteiger partial charge < -0.3 is 21.1 Å². The minimum atomic E-state index is -1.93. The molecule has 4 N–H and O–H groups in total. The van der Waals surface area contributed by atoms with E-state index in [0.717, 1.165) is 15.9 Å². The second kappa shape index (κ2) is 7.78. The normalized spacial score (nSPS) is 20.7. The molecular weight excluding hydrogens is 494 g/mol. The molecule has 1 unspecified atom stereocenters. The van der Waals surface area contributed by atoms with Crippen molar-refractivity contribution in [3.63, 3.8) is 0 Å². The van der Waals surface area contributed by atoms with Crippen molar-refractivity contribution in [1.82, 2.24) is 4.57 Å². The van der Waals surface area contributed by atoms with Crippen molar-refractivity contribution in [2.75, 3.05) is 17.2 Å². The van der Waals surface area contributed by atoms with Gasteiger partial charge in [0.2, 0.25) is 5.91 Å². The maximum absolute atomic E-state index is 13.8. The summed E-state index contributed by atoms with van der Waals surface area (Å²) in [6.45, 7) is 1.57. The number of carbonyl (C=O) groups is 3. The highest BCUT2D eigenvalue weighted by Crippen LogP contribution is 2.50. The number of para-hydroxylation sites is 2. The van der Waals surface area contributed by atoms with Gasteiger partial charge in [0.1, 0.15) is 26.0 Å². The Hall–Kier alpha value is -4.95. The average molecular weight is 512 g/mol. The number of ether oxygens (including phenoxy) is 1. The van der Waals surface area contributed by atoms with Gasteiger partial charge in [-0.2, -0.15) is 5.26 Å². The number of nitrogens with one attached hydrogen (secondary N) is 2. The Morgan fingerprint density at radius 1 is 1.11 bits per heavy atom. The molecule has 0 aliphatic carbocycles. The first-order valence-corrected chi connectivity index (χ1v) is 12.1. The molecule has 2 amide bonds. The number of esters is 1. The van der Waals surface area contributed by atoms with Gasteiger partial charge in [0.25, 0.3) is 11.5 Å². The summed E-state index contributed by atoms with van der Waals surface area (Å²) < 4.78 is 6.37. The molecule has 6 rings (SSSR count). The van der Waals surface area contributed by atoms with E-state index in [1.807, 2.05) is 0 Å². The van der Waals surface area contributed by atoms with E-state index < -0.39 is 28.8 Å². The number of benzene rings is 2. The van der Waals surface area contributed by atoms with Crippen LogP contribution in [-0.2, 0) is 24.5 Å². The minimum absolute atomic E-state index is 0.0254. The van der Waals surface area contributed by atoms with Crippen molar-refractivity contribution >= 4 is 57.5 Å². The van der Waals surface area contributed by atoms with Gasteiger partial charge >= 0.3 is 5.97 Å². The molecule has 11 heteroatoms. The van der Waals surface area contributed by atoms with Crippen molar-refractivity contribution in [3.05, 3.63) is 84.8 Å². The van der Waals surface area contributed by atoms with Crippen LogP contribution >= 0.6 is 11.3 Å². The summed E-state index contributed by atoms with van der Waals surface area (Å²) in [4.78, 5) is 53.7. The molecule has 3 aliphatic rings. The lowest BCUT2D eigenvalue weighted by atomic mass is 9.68. The van der Waals surface area contributed by atoms with Crippen LogP contribution in [-0.4, -0.2) is 29.0 Å². The average Bonchev–Trinajstić information content (AvgIpc) is 3.49. The third kappa shape index (κ3) is 2.73. The van der Waals surface area contributed by atoms with E-state index in [9.17, 15) is 24.4 Å². The number of aromatic nitrogens is 1. The molecule has 1 aromatic heterocycles. The monoisotopic (exact) mass is 511 g/mol. The van der Waals surface area contributed by atoms with Gasteiger partial charge in [-0.05, 0) is 19.1 Å². The van der Waals surface area contributed by atoms with E-state index in [1.54, 1.807) is 55.5 Å².